The summed E-state index contributed by atoms with van der Waals surface area (Å²) >= 11 is 0.896. The third-order valence-corrected chi connectivity index (χ3v) is 7.23. The van der Waals surface area contributed by atoms with Crippen molar-refractivity contribution in [3.8, 4) is 0 Å². The standard InChI is InChI=1S/C26H30F6N4O7S/c1-13-33-9-18(44-13)22(40)36-16(10-41-23(27)26(30,31)32)21(39)35-17(11-42-24(28)29)20(38)34-15(19(37)25(2)12-43-25)8-14-6-4-3-5-7-14/h3-7,9,15-17,21,23-24,35,39H,8,10-12H2,1-2H3,(H,34,38)(H,36,40)/t15-,16-,17-,21?,23?,25+/m0/s1. The maximum atomic E-state index is 13.5. The van der Waals surface area contributed by atoms with Gasteiger partial charge in [-0.1, -0.05) is 30.3 Å². The van der Waals surface area contributed by atoms with Crippen molar-refractivity contribution in [2.75, 3.05) is 19.8 Å². The maximum absolute atomic E-state index is 13.5. The first-order valence-electron chi connectivity index (χ1n) is 13.0. The number of Topliss-reactive ketones (excluding diaryl/α,β-unsaturated/α-hetero) is 1. The van der Waals surface area contributed by atoms with Crippen LogP contribution < -0.4 is 16.0 Å². The number of aryl methyl sites for hydroxylation is 1. The largest absolute Gasteiger partial charge is 0.445 e. The highest BCUT2D eigenvalue weighted by atomic mass is 32.1. The van der Waals surface area contributed by atoms with Crippen LogP contribution in [0.25, 0.3) is 0 Å². The minimum atomic E-state index is -5.43. The van der Waals surface area contributed by atoms with Gasteiger partial charge in [0.1, 0.15) is 22.7 Å². The molecule has 0 radical (unpaired) electrons. The number of nitrogens with zero attached hydrogens (tertiary/aromatic N) is 1. The number of ketones is 1. The Kier molecular flexibility index (Phi) is 12.2. The zero-order chi connectivity index (χ0) is 32.7. The van der Waals surface area contributed by atoms with Crippen molar-refractivity contribution >= 4 is 28.9 Å². The van der Waals surface area contributed by atoms with Gasteiger partial charge in [0.05, 0.1) is 43.1 Å². The number of aliphatic hydroxyl groups is 1. The zero-order valence-electron chi connectivity index (χ0n) is 23.3. The zero-order valence-corrected chi connectivity index (χ0v) is 24.1. The van der Waals surface area contributed by atoms with Gasteiger partial charge in [-0.15, -0.1) is 11.3 Å². The van der Waals surface area contributed by atoms with E-state index in [1.165, 1.54) is 6.92 Å². The van der Waals surface area contributed by atoms with Gasteiger partial charge < -0.3 is 30.0 Å². The summed E-state index contributed by atoms with van der Waals surface area (Å²) in [4.78, 5) is 42.9. The molecule has 18 heteroatoms. The van der Waals surface area contributed by atoms with E-state index in [0.717, 1.165) is 17.5 Å². The minimum Gasteiger partial charge on any atom is -0.376 e. The second kappa shape index (κ2) is 15.2. The number of amides is 2. The number of aromatic nitrogens is 1. The molecule has 2 aromatic rings. The molecule has 1 aliphatic heterocycles. The molecule has 0 aliphatic carbocycles. The highest BCUT2D eigenvalue weighted by Crippen LogP contribution is 2.29. The molecule has 1 aliphatic rings. The summed E-state index contributed by atoms with van der Waals surface area (Å²) in [6.07, 6.45) is -10.3. The molecule has 44 heavy (non-hydrogen) atoms. The summed E-state index contributed by atoms with van der Waals surface area (Å²) in [5, 5.41) is 18.0. The normalized spacial score (nSPS) is 20.0. The lowest BCUT2D eigenvalue weighted by atomic mass is 9.94. The SMILES string of the molecule is Cc1ncc(C(=O)N[C@@H](COC(F)C(F)(F)F)C(O)N[C@@H](COC(F)F)C(=O)N[C@@H](Cc2ccccc2)C(=O)[C@@]2(C)CO2)s1. The maximum Gasteiger partial charge on any atom is 0.445 e. The van der Waals surface area contributed by atoms with Crippen LogP contribution in [0, 0.1) is 6.92 Å². The van der Waals surface area contributed by atoms with Gasteiger partial charge in [-0.3, -0.25) is 19.7 Å². The van der Waals surface area contributed by atoms with Gasteiger partial charge in [0, 0.05) is 0 Å². The second-order valence-electron chi connectivity index (χ2n) is 9.91. The number of epoxide rings is 1. The summed E-state index contributed by atoms with van der Waals surface area (Å²) in [5.41, 5.74) is -0.565. The van der Waals surface area contributed by atoms with Crippen molar-refractivity contribution in [1.82, 2.24) is 20.9 Å². The molecule has 4 N–H and O–H groups in total. The summed E-state index contributed by atoms with van der Waals surface area (Å²) < 4.78 is 91.1. The number of rotatable bonds is 17. The fourth-order valence-electron chi connectivity index (χ4n) is 3.84. The summed E-state index contributed by atoms with van der Waals surface area (Å²) in [7, 11) is 0. The van der Waals surface area contributed by atoms with Crippen LogP contribution in [-0.4, -0.2) is 96.6 Å². The predicted octanol–water partition coefficient (Wildman–Crippen LogP) is 2.03. The lowest BCUT2D eigenvalue weighted by Crippen LogP contribution is -2.61. The number of benzene rings is 1. The van der Waals surface area contributed by atoms with Crippen LogP contribution in [0.4, 0.5) is 26.3 Å². The molecule has 2 unspecified atom stereocenters. The van der Waals surface area contributed by atoms with E-state index in [9.17, 15) is 45.8 Å². The Labute approximate surface area is 251 Å². The van der Waals surface area contributed by atoms with Crippen LogP contribution in [-0.2, 0) is 30.2 Å². The Morgan fingerprint density at radius 2 is 1.75 bits per heavy atom. The van der Waals surface area contributed by atoms with Crippen molar-refractivity contribution in [2.24, 2.45) is 0 Å². The summed E-state index contributed by atoms with van der Waals surface area (Å²) in [6, 6.07) is 3.53. The van der Waals surface area contributed by atoms with Gasteiger partial charge in [0.2, 0.25) is 5.91 Å². The number of hydrogen-bond donors (Lipinski definition) is 4. The van der Waals surface area contributed by atoms with Gasteiger partial charge in [-0.2, -0.15) is 22.0 Å². The average molecular weight is 657 g/mol. The first-order chi connectivity index (χ1) is 20.6. The highest BCUT2D eigenvalue weighted by molar-refractivity contribution is 7.13. The van der Waals surface area contributed by atoms with Gasteiger partial charge in [-0.25, -0.2) is 9.37 Å². The number of ether oxygens (including phenoxy) is 3. The molecule has 1 saturated heterocycles. The molecule has 6 atom stereocenters. The van der Waals surface area contributed by atoms with Crippen LogP contribution >= 0.6 is 11.3 Å². The van der Waals surface area contributed by atoms with E-state index in [0.29, 0.717) is 10.6 Å². The van der Waals surface area contributed by atoms with Gasteiger partial charge in [0.15, 0.2) is 5.78 Å². The van der Waals surface area contributed by atoms with Crippen molar-refractivity contribution in [1.29, 1.82) is 0 Å². The monoisotopic (exact) mass is 656 g/mol. The fraction of sp³-hybridized carbons (Fsp3) is 0.538. The van der Waals surface area contributed by atoms with Gasteiger partial charge in [0.25, 0.3) is 12.3 Å². The number of carbonyl (C=O) groups excluding carboxylic acids is 3. The molecule has 244 valence electrons. The molecule has 2 amide bonds. The van der Waals surface area contributed by atoms with E-state index >= 15 is 0 Å². The van der Waals surface area contributed by atoms with Crippen LogP contribution in [0.2, 0.25) is 0 Å². The van der Waals surface area contributed by atoms with Crippen LogP contribution in [0.1, 0.15) is 27.2 Å². The quantitative estimate of drug-likeness (QED) is 0.114. The van der Waals surface area contributed by atoms with E-state index in [1.54, 1.807) is 37.3 Å². The number of thiazole rings is 1. The number of hydrogen-bond acceptors (Lipinski definition) is 10. The smallest absolute Gasteiger partial charge is 0.376 e. The Balaban J connectivity index is 1.80. The lowest BCUT2D eigenvalue weighted by molar-refractivity contribution is -0.267. The average Bonchev–Trinajstić information content (AvgIpc) is 3.56. The molecule has 1 aromatic carbocycles. The van der Waals surface area contributed by atoms with E-state index in [2.05, 4.69) is 30.4 Å². The number of alkyl halides is 6. The topological polar surface area (TPSA) is 151 Å². The van der Waals surface area contributed by atoms with Crippen LogP contribution in [0.3, 0.4) is 0 Å². The molecule has 0 bridgehead atoms. The van der Waals surface area contributed by atoms with Crippen molar-refractivity contribution in [2.45, 2.75) is 69.4 Å². The van der Waals surface area contributed by atoms with Crippen molar-refractivity contribution < 1.29 is 60.0 Å². The number of aliphatic hydroxyl groups excluding tert-OH is 1. The number of nitrogens with one attached hydrogen (secondary N) is 3. The Bertz CT molecular complexity index is 1270. The molecule has 11 nitrogen and oxygen atoms in total. The van der Waals surface area contributed by atoms with Crippen LogP contribution in [0.5, 0.6) is 0 Å². The number of carbonyl (C=O) groups is 3. The molecular formula is C26H30F6N4O7S. The van der Waals surface area contributed by atoms with E-state index in [1.807, 2.05) is 0 Å². The third kappa shape index (κ3) is 10.5. The highest BCUT2D eigenvalue weighted by Gasteiger charge is 2.50. The molecule has 0 spiro atoms. The summed E-state index contributed by atoms with van der Waals surface area (Å²) in [5.74, 6) is -2.59. The molecule has 2 heterocycles. The van der Waals surface area contributed by atoms with E-state index in [-0.39, 0.29) is 17.9 Å². The molecule has 0 saturated carbocycles. The molecular weight excluding hydrogens is 626 g/mol. The Morgan fingerprint density at radius 3 is 2.30 bits per heavy atom. The molecule has 1 fully saturated rings. The molecule has 1 aromatic heterocycles. The van der Waals surface area contributed by atoms with Crippen molar-refractivity contribution in [3.63, 3.8) is 0 Å². The second-order valence-corrected chi connectivity index (χ2v) is 11.1. The Morgan fingerprint density at radius 1 is 1.09 bits per heavy atom. The third-order valence-electron chi connectivity index (χ3n) is 6.31. The van der Waals surface area contributed by atoms with E-state index in [4.69, 9.17) is 4.74 Å². The predicted molar refractivity (Wildman–Crippen MR) is 141 cm³/mol. The molecule has 3 rings (SSSR count). The van der Waals surface area contributed by atoms with Crippen molar-refractivity contribution in [3.05, 3.63) is 52.0 Å². The van der Waals surface area contributed by atoms with Gasteiger partial charge in [-0.05, 0) is 25.8 Å². The lowest BCUT2D eigenvalue weighted by Gasteiger charge is -2.30. The Hall–Kier alpha value is -3.16. The van der Waals surface area contributed by atoms with Gasteiger partial charge >= 0.3 is 12.8 Å². The first kappa shape index (κ1) is 35.3. The fourth-order valence-corrected chi connectivity index (χ4v) is 4.52. The number of halogens is 6. The first-order valence-corrected chi connectivity index (χ1v) is 13.8. The van der Waals surface area contributed by atoms with Crippen LogP contribution in [0.15, 0.2) is 36.5 Å². The minimum absolute atomic E-state index is 0.0224. The van der Waals surface area contributed by atoms with E-state index < -0.39 is 79.9 Å². The summed E-state index contributed by atoms with van der Waals surface area (Å²) in [6.45, 7) is -2.60.